The first-order chi connectivity index (χ1) is 6.92. The molecule has 0 radical (unpaired) electrons. The van der Waals surface area contributed by atoms with Gasteiger partial charge in [-0.15, -0.1) is 0 Å². The third-order valence-corrected chi connectivity index (χ3v) is 1.69. The average molecular weight is 220 g/mol. The molecule has 15 heavy (non-hydrogen) atoms. The molecule has 0 unspecified atom stereocenters. The van der Waals surface area contributed by atoms with Crippen LogP contribution in [0.15, 0.2) is 18.2 Å². The number of halogens is 3. The fourth-order valence-electron chi connectivity index (χ4n) is 1.07. The van der Waals surface area contributed by atoms with Crippen LogP contribution in [0.3, 0.4) is 0 Å². The van der Waals surface area contributed by atoms with Crippen molar-refractivity contribution in [3.05, 3.63) is 18.2 Å². The minimum atomic E-state index is -4.25. The number of alkyl halides is 3. The monoisotopic (exact) mass is 220 g/mol. The largest absolute Gasteiger partial charge is 0.405 e. The van der Waals surface area contributed by atoms with E-state index in [1.165, 1.54) is 13.1 Å². The van der Waals surface area contributed by atoms with Crippen molar-refractivity contribution in [1.29, 1.82) is 0 Å². The van der Waals surface area contributed by atoms with E-state index < -0.39 is 12.7 Å². The highest BCUT2D eigenvalue weighted by molar-refractivity contribution is 5.45. The lowest BCUT2D eigenvalue weighted by Crippen LogP contribution is -2.31. The predicted octanol–water partition coefficient (Wildman–Crippen LogP) is 1.37. The lowest BCUT2D eigenvalue weighted by molar-refractivity contribution is -0.119. The fourth-order valence-corrected chi connectivity index (χ4v) is 1.07. The van der Waals surface area contributed by atoms with Gasteiger partial charge >= 0.3 is 6.18 Å². The SMILES string of the molecule is CN(CC(F)(F)F)c1cccc(NN)n1. The first kappa shape index (κ1) is 11.6. The fraction of sp³-hybridized carbons (Fsp3) is 0.375. The summed E-state index contributed by atoms with van der Waals surface area (Å²) >= 11 is 0. The Labute approximate surface area is 84.9 Å². The molecule has 3 N–H and O–H groups in total. The first-order valence-corrected chi connectivity index (χ1v) is 4.14. The number of aromatic nitrogens is 1. The van der Waals surface area contributed by atoms with Crippen LogP contribution in [0.4, 0.5) is 24.8 Å². The number of anilines is 2. The van der Waals surface area contributed by atoms with Crippen molar-refractivity contribution in [3.8, 4) is 0 Å². The molecule has 1 aromatic heterocycles. The summed E-state index contributed by atoms with van der Waals surface area (Å²) in [7, 11) is 1.32. The Bertz CT molecular complexity index is 326. The Morgan fingerprint density at radius 2 is 2.13 bits per heavy atom. The number of hydrazine groups is 1. The molecule has 0 spiro atoms. The third-order valence-electron chi connectivity index (χ3n) is 1.69. The van der Waals surface area contributed by atoms with Crippen molar-refractivity contribution in [2.75, 3.05) is 23.9 Å². The van der Waals surface area contributed by atoms with E-state index in [0.717, 1.165) is 4.90 Å². The molecule has 4 nitrogen and oxygen atoms in total. The highest BCUT2D eigenvalue weighted by Crippen LogP contribution is 2.20. The van der Waals surface area contributed by atoms with E-state index in [-0.39, 0.29) is 5.82 Å². The molecule has 0 aliphatic carbocycles. The Balaban J connectivity index is 2.77. The summed E-state index contributed by atoms with van der Waals surface area (Å²) in [4.78, 5) is 4.87. The standard InChI is InChI=1S/C8H11F3N4/c1-15(5-8(9,10)11)7-4-2-3-6(13-7)14-12/h2-4H,5,12H2,1H3,(H,13,14). The van der Waals surface area contributed by atoms with Gasteiger partial charge in [-0.05, 0) is 12.1 Å². The van der Waals surface area contributed by atoms with Crippen molar-refractivity contribution < 1.29 is 13.2 Å². The van der Waals surface area contributed by atoms with Crippen molar-refractivity contribution in [3.63, 3.8) is 0 Å². The predicted molar refractivity (Wildman–Crippen MR) is 51.4 cm³/mol. The molecule has 84 valence electrons. The minimum absolute atomic E-state index is 0.211. The smallest absolute Gasteiger partial charge is 0.351 e. The summed E-state index contributed by atoms with van der Waals surface area (Å²) in [6.07, 6.45) is -4.25. The minimum Gasteiger partial charge on any atom is -0.351 e. The van der Waals surface area contributed by atoms with Gasteiger partial charge < -0.3 is 10.3 Å². The molecule has 0 fully saturated rings. The van der Waals surface area contributed by atoms with Crippen LogP contribution in [0.5, 0.6) is 0 Å². The molecule has 7 heteroatoms. The normalized spacial score (nSPS) is 11.3. The summed E-state index contributed by atoms with van der Waals surface area (Å²) in [5, 5.41) is 0. The van der Waals surface area contributed by atoms with Crippen molar-refractivity contribution >= 4 is 11.6 Å². The van der Waals surface area contributed by atoms with Crippen molar-refractivity contribution in [2.45, 2.75) is 6.18 Å². The maximum Gasteiger partial charge on any atom is 0.405 e. The van der Waals surface area contributed by atoms with Crippen LogP contribution in [0.1, 0.15) is 0 Å². The Kier molecular flexibility index (Phi) is 3.35. The number of nitrogen functional groups attached to an aromatic ring is 1. The highest BCUT2D eigenvalue weighted by atomic mass is 19.4. The zero-order valence-electron chi connectivity index (χ0n) is 8.04. The van der Waals surface area contributed by atoms with Crippen LogP contribution in [0.25, 0.3) is 0 Å². The van der Waals surface area contributed by atoms with E-state index in [4.69, 9.17) is 5.84 Å². The van der Waals surface area contributed by atoms with E-state index in [2.05, 4.69) is 10.4 Å². The zero-order chi connectivity index (χ0) is 11.5. The van der Waals surface area contributed by atoms with Gasteiger partial charge in [0.1, 0.15) is 18.2 Å². The van der Waals surface area contributed by atoms with Gasteiger partial charge in [-0.1, -0.05) is 6.07 Å². The number of hydrogen-bond donors (Lipinski definition) is 2. The first-order valence-electron chi connectivity index (χ1n) is 4.14. The van der Waals surface area contributed by atoms with Crippen molar-refractivity contribution in [1.82, 2.24) is 4.98 Å². The molecule has 1 aromatic rings. The molecule has 1 heterocycles. The molecule has 0 aliphatic rings. The third kappa shape index (κ3) is 3.62. The molecule has 0 bridgehead atoms. The van der Waals surface area contributed by atoms with Crippen LogP contribution in [-0.4, -0.2) is 24.8 Å². The van der Waals surface area contributed by atoms with E-state index in [0.29, 0.717) is 5.82 Å². The molecular weight excluding hydrogens is 209 g/mol. The Hall–Kier alpha value is -1.50. The van der Waals surface area contributed by atoms with Gasteiger partial charge in [0.15, 0.2) is 0 Å². The van der Waals surface area contributed by atoms with Gasteiger partial charge in [-0.25, -0.2) is 10.8 Å². The van der Waals surface area contributed by atoms with Gasteiger partial charge in [0, 0.05) is 7.05 Å². The second-order valence-electron chi connectivity index (χ2n) is 3.00. The topological polar surface area (TPSA) is 54.2 Å². The lowest BCUT2D eigenvalue weighted by Gasteiger charge is -2.20. The summed E-state index contributed by atoms with van der Waals surface area (Å²) in [6.45, 7) is -1.05. The van der Waals surface area contributed by atoms with Gasteiger partial charge in [0.2, 0.25) is 0 Å². The molecule has 0 saturated heterocycles. The summed E-state index contributed by atoms with van der Waals surface area (Å²) in [5.74, 6) is 5.62. The molecule has 0 atom stereocenters. The highest BCUT2D eigenvalue weighted by Gasteiger charge is 2.29. The Morgan fingerprint density at radius 3 is 2.67 bits per heavy atom. The molecule has 1 rings (SSSR count). The quantitative estimate of drug-likeness (QED) is 0.596. The number of nitrogens with two attached hydrogens (primary N) is 1. The maximum absolute atomic E-state index is 12.1. The van der Waals surface area contributed by atoms with Crippen LogP contribution in [-0.2, 0) is 0 Å². The number of nitrogens with one attached hydrogen (secondary N) is 1. The molecule has 0 amide bonds. The van der Waals surface area contributed by atoms with Crippen LogP contribution in [0, 0.1) is 0 Å². The van der Waals surface area contributed by atoms with E-state index >= 15 is 0 Å². The lowest BCUT2D eigenvalue weighted by atomic mass is 10.4. The van der Waals surface area contributed by atoms with Crippen LogP contribution in [0.2, 0.25) is 0 Å². The number of hydrogen-bond acceptors (Lipinski definition) is 4. The van der Waals surface area contributed by atoms with Crippen LogP contribution >= 0.6 is 0 Å². The van der Waals surface area contributed by atoms with E-state index in [1.54, 1.807) is 12.1 Å². The summed E-state index contributed by atoms with van der Waals surface area (Å²) in [6, 6.07) is 4.61. The van der Waals surface area contributed by atoms with Gasteiger partial charge in [0.05, 0.1) is 0 Å². The summed E-state index contributed by atoms with van der Waals surface area (Å²) < 4.78 is 36.2. The molecule has 0 aromatic carbocycles. The summed E-state index contributed by atoms with van der Waals surface area (Å²) in [5.41, 5.74) is 2.27. The van der Waals surface area contributed by atoms with E-state index in [9.17, 15) is 13.2 Å². The molecular formula is C8H11F3N4. The Morgan fingerprint density at radius 1 is 1.47 bits per heavy atom. The van der Waals surface area contributed by atoms with E-state index in [1.807, 2.05) is 0 Å². The van der Waals surface area contributed by atoms with Gasteiger partial charge in [-0.3, -0.25) is 0 Å². The average Bonchev–Trinajstić information content (AvgIpc) is 2.15. The number of nitrogens with zero attached hydrogens (tertiary/aromatic N) is 2. The second-order valence-corrected chi connectivity index (χ2v) is 3.00. The maximum atomic E-state index is 12.1. The zero-order valence-corrected chi connectivity index (χ0v) is 8.04. The molecule has 0 saturated carbocycles. The van der Waals surface area contributed by atoms with Crippen LogP contribution < -0.4 is 16.2 Å². The van der Waals surface area contributed by atoms with Gasteiger partial charge in [0.25, 0.3) is 0 Å². The van der Waals surface area contributed by atoms with Crippen molar-refractivity contribution in [2.24, 2.45) is 5.84 Å². The second kappa shape index (κ2) is 4.35. The number of pyridine rings is 1. The molecule has 0 aliphatic heterocycles. The van der Waals surface area contributed by atoms with Gasteiger partial charge in [-0.2, -0.15) is 13.2 Å². The number of rotatable bonds is 3.